The summed E-state index contributed by atoms with van der Waals surface area (Å²) in [5, 5.41) is 2.80. The number of hydrogen-bond acceptors (Lipinski definition) is 3. The number of hydrogen-bond donors (Lipinski definition) is 2. The zero-order chi connectivity index (χ0) is 11.9. The molecule has 0 atom stereocenters. The van der Waals surface area contributed by atoms with Crippen LogP contribution in [0, 0.1) is 5.41 Å². The van der Waals surface area contributed by atoms with Crippen LogP contribution < -0.4 is 11.1 Å². The van der Waals surface area contributed by atoms with Crippen LogP contribution in [0.3, 0.4) is 0 Å². The summed E-state index contributed by atoms with van der Waals surface area (Å²) in [7, 11) is 1.66. The van der Waals surface area contributed by atoms with Crippen LogP contribution in [0.2, 0.25) is 0 Å². The summed E-state index contributed by atoms with van der Waals surface area (Å²) < 4.78 is 4.90. The Balaban J connectivity index is 3.79. The first-order valence-electron chi connectivity index (χ1n) is 5.00. The number of unbranched alkanes of at least 4 members (excludes halogenated alkanes) is 1. The van der Waals surface area contributed by atoms with Crippen molar-refractivity contribution in [2.24, 2.45) is 11.1 Å². The van der Waals surface area contributed by atoms with Gasteiger partial charge in [0.05, 0.1) is 10.4 Å². The maximum absolute atomic E-state index is 11.6. The van der Waals surface area contributed by atoms with E-state index >= 15 is 0 Å². The third-order valence-corrected chi connectivity index (χ3v) is 2.75. The molecule has 0 aromatic carbocycles. The van der Waals surface area contributed by atoms with Gasteiger partial charge in [0.1, 0.15) is 0 Å². The van der Waals surface area contributed by atoms with Gasteiger partial charge >= 0.3 is 0 Å². The highest BCUT2D eigenvalue weighted by atomic mass is 32.1. The van der Waals surface area contributed by atoms with Crippen LogP contribution in [0.5, 0.6) is 0 Å². The molecule has 0 spiro atoms. The largest absolute Gasteiger partial charge is 0.392 e. The van der Waals surface area contributed by atoms with E-state index in [0.717, 1.165) is 12.8 Å². The lowest BCUT2D eigenvalue weighted by Gasteiger charge is -2.21. The topological polar surface area (TPSA) is 64.3 Å². The van der Waals surface area contributed by atoms with Crippen molar-refractivity contribution in [2.75, 3.05) is 20.3 Å². The normalized spacial score (nSPS) is 11.1. The van der Waals surface area contributed by atoms with Crippen LogP contribution in [0.25, 0.3) is 0 Å². The molecule has 0 rings (SSSR count). The third kappa shape index (κ3) is 5.09. The van der Waals surface area contributed by atoms with E-state index in [1.165, 1.54) is 0 Å². The van der Waals surface area contributed by atoms with Crippen molar-refractivity contribution in [2.45, 2.75) is 26.7 Å². The van der Waals surface area contributed by atoms with Gasteiger partial charge in [0.2, 0.25) is 5.91 Å². The molecular weight excluding hydrogens is 212 g/mol. The number of nitrogens with two attached hydrogens (primary N) is 1. The highest BCUT2D eigenvalue weighted by Crippen LogP contribution is 2.15. The van der Waals surface area contributed by atoms with Crippen molar-refractivity contribution >= 4 is 23.1 Å². The molecule has 88 valence electrons. The van der Waals surface area contributed by atoms with Gasteiger partial charge in [-0.3, -0.25) is 4.79 Å². The van der Waals surface area contributed by atoms with E-state index in [9.17, 15) is 4.79 Å². The van der Waals surface area contributed by atoms with Gasteiger partial charge in [-0.25, -0.2) is 0 Å². The monoisotopic (exact) mass is 232 g/mol. The number of carbonyl (C=O) groups is 1. The SMILES string of the molecule is COCCCCNC(=O)C(C)(C)C(N)=S. The average molecular weight is 232 g/mol. The summed E-state index contributed by atoms with van der Waals surface area (Å²) in [6.07, 6.45) is 1.83. The standard InChI is InChI=1S/C10H20N2O2S/c1-10(2,8(11)15)9(13)12-6-4-5-7-14-3/h4-7H2,1-3H3,(H2,11,15)(H,12,13). The Morgan fingerprint density at radius 3 is 2.53 bits per heavy atom. The summed E-state index contributed by atoms with van der Waals surface area (Å²) in [5.41, 5.74) is 4.71. The van der Waals surface area contributed by atoms with Crippen LogP contribution in [-0.4, -0.2) is 31.2 Å². The van der Waals surface area contributed by atoms with Crippen molar-refractivity contribution in [3.05, 3.63) is 0 Å². The Morgan fingerprint density at radius 1 is 1.47 bits per heavy atom. The molecule has 15 heavy (non-hydrogen) atoms. The first-order chi connectivity index (χ1) is 6.92. The minimum absolute atomic E-state index is 0.118. The smallest absolute Gasteiger partial charge is 0.232 e. The lowest BCUT2D eigenvalue weighted by atomic mass is 9.92. The molecular formula is C10H20N2O2S. The molecule has 3 N–H and O–H groups in total. The summed E-state index contributed by atoms with van der Waals surface area (Å²) in [6.45, 7) is 4.79. The molecule has 0 saturated carbocycles. The van der Waals surface area contributed by atoms with E-state index in [-0.39, 0.29) is 10.9 Å². The molecule has 0 aliphatic heterocycles. The van der Waals surface area contributed by atoms with E-state index in [1.54, 1.807) is 21.0 Å². The number of ether oxygens (including phenoxy) is 1. The van der Waals surface area contributed by atoms with Gasteiger partial charge in [0.15, 0.2) is 0 Å². The molecule has 0 fully saturated rings. The minimum atomic E-state index is -0.767. The van der Waals surface area contributed by atoms with E-state index in [4.69, 9.17) is 22.7 Å². The summed E-state index contributed by atoms with van der Waals surface area (Å²) in [4.78, 5) is 11.8. The number of amides is 1. The lowest BCUT2D eigenvalue weighted by molar-refractivity contribution is -0.126. The van der Waals surface area contributed by atoms with Crippen molar-refractivity contribution in [3.63, 3.8) is 0 Å². The Morgan fingerprint density at radius 2 is 2.07 bits per heavy atom. The zero-order valence-corrected chi connectivity index (χ0v) is 10.4. The highest BCUT2D eigenvalue weighted by molar-refractivity contribution is 7.80. The van der Waals surface area contributed by atoms with Gasteiger partial charge in [-0.05, 0) is 26.7 Å². The van der Waals surface area contributed by atoms with E-state index in [2.05, 4.69) is 5.32 Å². The van der Waals surface area contributed by atoms with Crippen LogP contribution in [0.15, 0.2) is 0 Å². The highest BCUT2D eigenvalue weighted by Gasteiger charge is 2.30. The quantitative estimate of drug-likeness (QED) is 0.504. The predicted molar refractivity (Wildman–Crippen MR) is 64.7 cm³/mol. The molecule has 0 unspecified atom stereocenters. The molecule has 0 saturated heterocycles. The molecule has 0 heterocycles. The zero-order valence-electron chi connectivity index (χ0n) is 9.63. The Kier molecular flexibility index (Phi) is 6.43. The summed E-state index contributed by atoms with van der Waals surface area (Å²) >= 11 is 4.83. The van der Waals surface area contributed by atoms with Crippen LogP contribution in [-0.2, 0) is 9.53 Å². The van der Waals surface area contributed by atoms with Crippen molar-refractivity contribution < 1.29 is 9.53 Å². The van der Waals surface area contributed by atoms with Crippen LogP contribution in [0.4, 0.5) is 0 Å². The number of thiocarbonyl (C=S) groups is 1. The Bertz CT molecular complexity index is 229. The van der Waals surface area contributed by atoms with Crippen LogP contribution in [0.1, 0.15) is 26.7 Å². The lowest BCUT2D eigenvalue weighted by Crippen LogP contribution is -2.45. The van der Waals surface area contributed by atoms with Crippen molar-refractivity contribution in [1.29, 1.82) is 0 Å². The fraction of sp³-hybridized carbons (Fsp3) is 0.800. The third-order valence-electron chi connectivity index (χ3n) is 2.24. The van der Waals surface area contributed by atoms with Crippen molar-refractivity contribution in [3.8, 4) is 0 Å². The molecule has 0 bridgehead atoms. The second-order valence-corrected chi connectivity index (χ2v) is 4.38. The van der Waals surface area contributed by atoms with E-state index < -0.39 is 5.41 Å². The van der Waals surface area contributed by atoms with Gasteiger partial charge < -0.3 is 15.8 Å². The molecule has 0 radical (unpaired) electrons. The van der Waals surface area contributed by atoms with Crippen molar-refractivity contribution in [1.82, 2.24) is 5.32 Å². The molecule has 5 heteroatoms. The fourth-order valence-corrected chi connectivity index (χ4v) is 0.999. The summed E-state index contributed by atoms with van der Waals surface area (Å²) in [5.74, 6) is -0.118. The van der Waals surface area contributed by atoms with E-state index in [0.29, 0.717) is 13.2 Å². The molecule has 4 nitrogen and oxygen atoms in total. The van der Waals surface area contributed by atoms with Gasteiger partial charge in [-0.15, -0.1) is 0 Å². The second kappa shape index (κ2) is 6.74. The Hall–Kier alpha value is -0.680. The molecule has 0 aromatic heterocycles. The Labute approximate surface area is 96.5 Å². The number of rotatable bonds is 7. The first kappa shape index (κ1) is 14.3. The van der Waals surface area contributed by atoms with Gasteiger partial charge in [-0.1, -0.05) is 12.2 Å². The second-order valence-electron chi connectivity index (χ2n) is 3.95. The maximum Gasteiger partial charge on any atom is 0.232 e. The predicted octanol–water partition coefficient (Wildman–Crippen LogP) is 0.842. The minimum Gasteiger partial charge on any atom is -0.392 e. The van der Waals surface area contributed by atoms with Gasteiger partial charge in [0, 0.05) is 20.3 Å². The number of nitrogens with one attached hydrogen (secondary N) is 1. The number of methoxy groups -OCH3 is 1. The molecule has 1 amide bonds. The first-order valence-corrected chi connectivity index (χ1v) is 5.41. The molecule has 0 aromatic rings. The maximum atomic E-state index is 11.6. The summed E-state index contributed by atoms with van der Waals surface area (Å²) in [6, 6.07) is 0. The van der Waals surface area contributed by atoms with Crippen LogP contribution >= 0.6 is 12.2 Å². The average Bonchev–Trinajstić information content (AvgIpc) is 2.16. The van der Waals surface area contributed by atoms with E-state index in [1.807, 2.05) is 0 Å². The van der Waals surface area contributed by atoms with Gasteiger partial charge in [-0.2, -0.15) is 0 Å². The fourth-order valence-electron chi connectivity index (χ4n) is 0.906. The molecule has 0 aliphatic rings. The number of carbonyl (C=O) groups excluding carboxylic acids is 1. The molecule has 0 aliphatic carbocycles. The van der Waals surface area contributed by atoms with Gasteiger partial charge in [0.25, 0.3) is 0 Å².